The largest absolute Gasteiger partial charge is 0.392 e. The number of hydrogen-bond donors (Lipinski definition) is 1. The molecule has 5 nitrogen and oxygen atoms in total. The van der Waals surface area contributed by atoms with Gasteiger partial charge >= 0.3 is 0 Å². The van der Waals surface area contributed by atoms with Gasteiger partial charge in [-0.25, -0.2) is 8.42 Å². The zero-order valence-corrected chi connectivity index (χ0v) is 12.3. The van der Waals surface area contributed by atoms with Crippen molar-refractivity contribution in [1.29, 1.82) is 0 Å². The monoisotopic (exact) mass is 297 g/mol. The first-order valence-corrected chi connectivity index (χ1v) is 8.20. The predicted molar refractivity (Wildman–Crippen MR) is 75.1 cm³/mol. The molecule has 1 saturated heterocycles. The molecule has 0 bridgehead atoms. The first-order valence-electron chi connectivity index (χ1n) is 6.76. The number of sulfonamides is 1. The Bertz CT molecular complexity index is 597. The van der Waals surface area contributed by atoms with Gasteiger partial charge in [-0.15, -0.1) is 0 Å². The van der Waals surface area contributed by atoms with E-state index in [1.165, 1.54) is 16.4 Å². The minimum atomic E-state index is -3.64. The fraction of sp³-hybridized carbons (Fsp3) is 0.500. The summed E-state index contributed by atoms with van der Waals surface area (Å²) in [4.78, 5) is 11.8. The molecule has 6 heteroatoms. The molecule has 0 spiro atoms. The van der Waals surface area contributed by atoms with Crippen molar-refractivity contribution in [3.63, 3.8) is 0 Å². The van der Waals surface area contributed by atoms with Gasteiger partial charge in [0, 0.05) is 25.1 Å². The van der Waals surface area contributed by atoms with Crippen LogP contribution in [0.1, 0.15) is 36.5 Å². The highest BCUT2D eigenvalue weighted by atomic mass is 32.2. The van der Waals surface area contributed by atoms with Gasteiger partial charge in [-0.2, -0.15) is 4.31 Å². The normalized spacial score (nSPS) is 20.8. The highest BCUT2D eigenvalue weighted by Gasteiger charge is 2.29. The second kappa shape index (κ2) is 6.03. The van der Waals surface area contributed by atoms with Crippen LogP contribution in [0.15, 0.2) is 29.2 Å². The first kappa shape index (κ1) is 15.2. The number of ketones is 1. The molecule has 1 aromatic carbocycles. The molecule has 1 atom stereocenters. The number of Topliss-reactive ketones (excluding diaryl/α,β-unsaturated/α-hetero) is 1. The van der Waals surface area contributed by atoms with E-state index < -0.39 is 16.1 Å². The Balaban J connectivity index is 2.32. The van der Waals surface area contributed by atoms with Gasteiger partial charge in [0.1, 0.15) is 0 Å². The Morgan fingerprint density at radius 3 is 2.85 bits per heavy atom. The van der Waals surface area contributed by atoms with Crippen molar-refractivity contribution in [3.8, 4) is 0 Å². The van der Waals surface area contributed by atoms with Gasteiger partial charge in [-0.1, -0.05) is 19.1 Å². The van der Waals surface area contributed by atoms with Crippen molar-refractivity contribution < 1.29 is 18.3 Å². The maximum Gasteiger partial charge on any atom is 0.243 e. The summed E-state index contributed by atoms with van der Waals surface area (Å²) in [6.45, 7) is 2.27. The third-order valence-electron chi connectivity index (χ3n) is 3.47. The predicted octanol–water partition coefficient (Wildman–Crippen LogP) is 1.42. The number of carbonyl (C=O) groups is 1. The number of nitrogens with zero attached hydrogens (tertiary/aromatic N) is 1. The van der Waals surface area contributed by atoms with Gasteiger partial charge in [0.05, 0.1) is 11.0 Å². The minimum Gasteiger partial charge on any atom is -0.392 e. The van der Waals surface area contributed by atoms with Crippen LogP contribution in [0.3, 0.4) is 0 Å². The molecule has 2 rings (SSSR count). The Labute approximate surface area is 119 Å². The van der Waals surface area contributed by atoms with Gasteiger partial charge in [0.2, 0.25) is 10.0 Å². The molecule has 1 aliphatic heterocycles. The van der Waals surface area contributed by atoms with Crippen molar-refractivity contribution >= 4 is 15.8 Å². The van der Waals surface area contributed by atoms with Crippen LogP contribution in [0.2, 0.25) is 0 Å². The van der Waals surface area contributed by atoms with Crippen LogP contribution in [0.4, 0.5) is 0 Å². The highest BCUT2D eigenvalue weighted by molar-refractivity contribution is 7.89. The van der Waals surface area contributed by atoms with E-state index in [1.807, 2.05) is 0 Å². The summed E-state index contributed by atoms with van der Waals surface area (Å²) in [5.74, 6) is -0.0827. The van der Waals surface area contributed by atoms with Crippen LogP contribution < -0.4 is 0 Å². The van der Waals surface area contributed by atoms with Crippen LogP contribution in [0.25, 0.3) is 0 Å². The van der Waals surface area contributed by atoms with Crippen LogP contribution in [0, 0.1) is 0 Å². The molecule has 0 amide bonds. The number of rotatable bonds is 4. The lowest BCUT2D eigenvalue weighted by Gasteiger charge is -2.29. The lowest BCUT2D eigenvalue weighted by molar-refractivity contribution is 0.0987. The van der Waals surface area contributed by atoms with E-state index >= 15 is 0 Å². The molecule has 20 heavy (non-hydrogen) atoms. The van der Waals surface area contributed by atoms with Gasteiger partial charge in [-0.05, 0) is 25.0 Å². The lowest BCUT2D eigenvalue weighted by atomic mass is 10.1. The number of β-amino-alcohol motifs (C(OH)–C–C–N with tert-alkyl or cyclic N) is 1. The van der Waals surface area contributed by atoms with E-state index in [9.17, 15) is 18.3 Å². The van der Waals surface area contributed by atoms with Gasteiger partial charge in [-0.3, -0.25) is 4.79 Å². The summed E-state index contributed by atoms with van der Waals surface area (Å²) in [7, 11) is -3.64. The zero-order chi connectivity index (χ0) is 14.8. The molecule has 110 valence electrons. The Kier molecular flexibility index (Phi) is 4.57. The standard InChI is InChI=1S/C14H19NO4S/c1-2-14(17)11-5-3-7-13(9-11)20(18,19)15-8-4-6-12(16)10-15/h3,5,7,9,12,16H,2,4,6,8,10H2,1H3/t12-/m0/s1. The molecule has 0 aromatic heterocycles. The van der Waals surface area contributed by atoms with Crippen LogP contribution in [-0.2, 0) is 10.0 Å². The van der Waals surface area contributed by atoms with Crippen molar-refractivity contribution in [2.24, 2.45) is 0 Å². The van der Waals surface area contributed by atoms with Gasteiger partial charge < -0.3 is 5.11 Å². The summed E-state index contributed by atoms with van der Waals surface area (Å²) < 4.78 is 26.3. The highest BCUT2D eigenvalue weighted by Crippen LogP contribution is 2.22. The first-order chi connectivity index (χ1) is 9.45. The van der Waals surface area contributed by atoms with Crippen LogP contribution >= 0.6 is 0 Å². The summed E-state index contributed by atoms with van der Waals surface area (Å²) in [5.41, 5.74) is 0.408. The molecule has 1 aromatic rings. The second-order valence-corrected chi connectivity index (χ2v) is 6.90. The van der Waals surface area contributed by atoms with E-state index in [2.05, 4.69) is 0 Å². The van der Waals surface area contributed by atoms with Gasteiger partial charge in [0.15, 0.2) is 5.78 Å². The zero-order valence-electron chi connectivity index (χ0n) is 11.4. The lowest BCUT2D eigenvalue weighted by Crippen LogP contribution is -2.42. The maximum atomic E-state index is 12.5. The third-order valence-corrected chi connectivity index (χ3v) is 5.34. The van der Waals surface area contributed by atoms with Gasteiger partial charge in [0.25, 0.3) is 0 Å². The molecule has 1 N–H and O–H groups in total. The molecule has 0 radical (unpaired) electrons. The third kappa shape index (κ3) is 3.08. The average Bonchev–Trinajstić information content (AvgIpc) is 2.46. The molecule has 0 unspecified atom stereocenters. The van der Waals surface area contributed by atoms with Crippen molar-refractivity contribution in [1.82, 2.24) is 4.31 Å². The Hall–Kier alpha value is -1.24. The van der Waals surface area contributed by atoms with E-state index in [4.69, 9.17) is 0 Å². The molecule has 0 aliphatic carbocycles. The molecular weight excluding hydrogens is 278 g/mol. The molecule has 0 saturated carbocycles. The molecule has 1 heterocycles. The quantitative estimate of drug-likeness (QED) is 0.853. The number of hydrogen-bond acceptors (Lipinski definition) is 4. The molecular formula is C14H19NO4S. The minimum absolute atomic E-state index is 0.0827. The summed E-state index contributed by atoms with van der Waals surface area (Å²) in [6, 6.07) is 6.11. The number of aliphatic hydroxyl groups excluding tert-OH is 1. The summed E-state index contributed by atoms with van der Waals surface area (Å²) in [6.07, 6.45) is 0.999. The number of piperidine rings is 1. The Morgan fingerprint density at radius 1 is 1.45 bits per heavy atom. The fourth-order valence-corrected chi connectivity index (χ4v) is 3.88. The van der Waals surface area contributed by atoms with Crippen LogP contribution in [-0.4, -0.2) is 42.8 Å². The summed E-state index contributed by atoms with van der Waals surface area (Å²) >= 11 is 0. The molecule has 1 fully saturated rings. The van der Waals surface area contributed by atoms with Crippen molar-refractivity contribution in [3.05, 3.63) is 29.8 Å². The maximum absolute atomic E-state index is 12.5. The van der Waals surface area contributed by atoms with E-state index in [0.717, 1.165) is 0 Å². The van der Waals surface area contributed by atoms with E-state index in [0.29, 0.717) is 31.4 Å². The average molecular weight is 297 g/mol. The molecule has 1 aliphatic rings. The van der Waals surface area contributed by atoms with Crippen molar-refractivity contribution in [2.45, 2.75) is 37.2 Å². The topological polar surface area (TPSA) is 74.7 Å². The Morgan fingerprint density at radius 2 is 2.20 bits per heavy atom. The second-order valence-electron chi connectivity index (χ2n) is 4.96. The number of benzene rings is 1. The van der Waals surface area contributed by atoms with Crippen molar-refractivity contribution in [2.75, 3.05) is 13.1 Å². The number of aliphatic hydroxyl groups is 1. The fourth-order valence-electron chi connectivity index (χ4n) is 2.32. The SMILES string of the molecule is CCC(=O)c1cccc(S(=O)(=O)N2CCC[C@H](O)C2)c1. The van der Waals surface area contributed by atoms with Crippen LogP contribution in [0.5, 0.6) is 0 Å². The smallest absolute Gasteiger partial charge is 0.243 e. The summed E-state index contributed by atoms with van der Waals surface area (Å²) in [5, 5.41) is 9.61. The van der Waals surface area contributed by atoms with E-state index in [-0.39, 0.29) is 17.2 Å². The number of carbonyl (C=O) groups excluding carboxylic acids is 1. The van der Waals surface area contributed by atoms with E-state index in [1.54, 1.807) is 19.1 Å².